The largest absolute Gasteiger partial charge is 0.314 e. The molecule has 0 unspecified atom stereocenters. The van der Waals surface area contributed by atoms with Crippen LogP contribution < -0.4 is 5.32 Å². The monoisotopic (exact) mass is 338 g/mol. The van der Waals surface area contributed by atoms with Gasteiger partial charge in [0.25, 0.3) is 0 Å². The zero-order chi connectivity index (χ0) is 11.7. The van der Waals surface area contributed by atoms with Crippen LogP contribution >= 0.6 is 37.2 Å². The fourth-order valence-electron chi connectivity index (χ4n) is 2.37. The van der Waals surface area contributed by atoms with E-state index in [2.05, 4.69) is 50.9 Å². The summed E-state index contributed by atoms with van der Waals surface area (Å²) in [5.74, 6) is 0. The molecule has 20 heavy (non-hydrogen) atoms. The van der Waals surface area contributed by atoms with E-state index < -0.39 is 0 Å². The molecule has 1 fully saturated rings. The summed E-state index contributed by atoms with van der Waals surface area (Å²) in [4.78, 5) is 7.12. The Hall–Kier alpha value is -0.520. The lowest BCUT2D eigenvalue weighted by Crippen LogP contribution is -2.42. The zero-order valence-electron chi connectivity index (χ0n) is 11.4. The van der Waals surface area contributed by atoms with Gasteiger partial charge < -0.3 is 9.72 Å². The van der Waals surface area contributed by atoms with Crippen molar-refractivity contribution in [2.75, 3.05) is 26.2 Å². The van der Waals surface area contributed by atoms with Crippen LogP contribution in [0, 0.1) is 6.92 Å². The summed E-state index contributed by atoms with van der Waals surface area (Å²) in [6, 6.07) is 6.24. The lowest BCUT2D eigenvalue weighted by atomic mass is 10.3. The van der Waals surface area contributed by atoms with Gasteiger partial charge in [0.2, 0.25) is 0 Å². The summed E-state index contributed by atoms with van der Waals surface area (Å²) < 4.78 is 2.16. The molecule has 4 nitrogen and oxygen atoms in total. The van der Waals surface area contributed by atoms with Crippen LogP contribution in [0.25, 0.3) is 5.65 Å². The summed E-state index contributed by atoms with van der Waals surface area (Å²) in [6.07, 6.45) is 2.16. The minimum Gasteiger partial charge on any atom is -0.314 e. The number of hydrogen-bond donors (Lipinski definition) is 1. The molecule has 1 aliphatic heterocycles. The summed E-state index contributed by atoms with van der Waals surface area (Å²) in [5, 5.41) is 3.37. The predicted molar refractivity (Wildman–Crippen MR) is 89.8 cm³/mol. The highest BCUT2D eigenvalue weighted by atomic mass is 35.5. The number of halogens is 3. The number of nitrogens with zero attached hydrogens (tertiary/aromatic N) is 3. The van der Waals surface area contributed by atoms with E-state index in [1.807, 2.05) is 0 Å². The van der Waals surface area contributed by atoms with Crippen molar-refractivity contribution < 1.29 is 0 Å². The van der Waals surface area contributed by atoms with Crippen molar-refractivity contribution in [1.82, 2.24) is 19.6 Å². The van der Waals surface area contributed by atoms with Gasteiger partial charge in [-0.1, -0.05) is 6.07 Å². The third kappa shape index (κ3) is 4.24. The lowest BCUT2D eigenvalue weighted by molar-refractivity contribution is 0.231. The van der Waals surface area contributed by atoms with E-state index in [-0.39, 0.29) is 37.2 Å². The molecule has 0 amide bonds. The van der Waals surface area contributed by atoms with Gasteiger partial charge in [-0.3, -0.25) is 4.90 Å². The number of imidazole rings is 1. The number of aromatic nitrogens is 2. The Labute approximate surface area is 138 Å². The Balaban J connectivity index is 0.00000120. The molecule has 0 bridgehead atoms. The standard InChI is InChI=1S/C13H18N4.3ClH/c1-11-3-2-4-13-15-12(10-17(11)13)9-16-7-5-14-6-8-16;;;/h2-4,10,14H,5-9H2,1H3;3*1H. The normalized spacial score (nSPS) is 15.1. The van der Waals surface area contributed by atoms with Crippen molar-refractivity contribution in [3.63, 3.8) is 0 Å². The van der Waals surface area contributed by atoms with Crippen molar-refractivity contribution in [2.45, 2.75) is 13.5 Å². The molecule has 0 saturated carbocycles. The molecule has 3 rings (SSSR count). The van der Waals surface area contributed by atoms with Gasteiger partial charge >= 0.3 is 0 Å². The first-order valence-corrected chi connectivity index (χ1v) is 6.19. The maximum atomic E-state index is 4.67. The van der Waals surface area contributed by atoms with E-state index in [0.29, 0.717) is 0 Å². The molecule has 1 saturated heterocycles. The third-order valence-corrected chi connectivity index (χ3v) is 3.34. The highest BCUT2D eigenvalue weighted by Gasteiger charge is 2.12. The number of fused-ring (bicyclic) bond motifs is 1. The smallest absolute Gasteiger partial charge is 0.137 e. The second-order valence-electron chi connectivity index (χ2n) is 4.65. The minimum absolute atomic E-state index is 0. The topological polar surface area (TPSA) is 32.6 Å². The number of nitrogens with one attached hydrogen (secondary N) is 1. The first kappa shape index (κ1) is 19.5. The summed E-state index contributed by atoms with van der Waals surface area (Å²) in [7, 11) is 0. The van der Waals surface area contributed by atoms with Gasteiger partial charge in [-0.2, -0.15) is 0 Å². The van der Waals surface area contributed by atoms with Crippen LogP contribution in [0.4, 0.5) is 0 Å². The molecule has 3 heterocycles. The van der Waals surface area contributed by atoms with E-state index in [0.717, 1.165) is 38.4 Å². The van der Waals surface area contributed by atoms with E-state index in [4.69, 9.17) is 0 Å². The van der Waals surface area contributed by atoms with Gasteiger partial charge in [0.05, 0.1) is 5.69 Å². The Kier molecular flexibility index (Phi) is 8.47. The minimum atomic E-state index is 0. The highest BCUT2D eigenvalue weighted by molar-refractivity contribution is 5.86. The SMILES string of the molecule is Cc1cccc2nc(CN3CCNCC3)cn12.Cl.Cl.Cl. The Morgan fingerprint density at radius 3 is 2.50 bits per heavy atom. The summed E-state index contributed by atoms with van der Waals surface area (Å²) in [5.41, 5.74) is 3.46. The van der Waals surface area contributed by atoms with Gasteiger partial charge in [0.15, 0.2) is 0 Å². The summed E-state index contributed by atoms with van der Waals surface area (Å²) in [6.45, 7) is 7.49. The van der Waals surface area contributed by atoms with Crippen molar-refractivity contribution in [2.24, 2.45) is 0 Å². The number of piperazine rings is 1. The number of rotatable bonds is 2. The third-order valence-electron chi connectivity index (χ3n) is 3.34. The molecular formula is C13H21Cl3N4. The fourth-order valence-corrected chi connectivity index (χ4v) is 2.37. The maximum absolute atomic E-state index is 4.67. The molecule has 114 valence electrons. The molecule has 0 spiro atoms. The molecule has 2 aromatic rings. The van der Waals surface area contributed by atoms with Crippen LogP contribution in [0.2, 0.25) is 0 Å². The molecule has 0 atom stereocenters. The van der Waals surface area contributed by atoms with Gasteiger partial charge in [-0.25, -0.2) is 4.98 Å². The van der Waals surface area contributed by atoms with Crippen LogP contribution in [-0.4, -0.2) is 40.5 Å². The summed E-state index contributed by atoms with van der Waals surface area (Å²) >= 11 is 0. The van der Waals surface area contributed by atoms with Crippen LogP contribution in [0.15, 0.2) is 24.4 Å². The average molecular weight is 340 g/mol. The van der Waals surface area contributed by atoms with Gasteiger partial charge in [-0.15, -0.1) is 37.2 Å². The van der Waals surface area contributed by atoms with Crippen molar-refractivity contribution in [3.05, 3.63) is 35.8 Å². The molecule has 7 heteroatoms. The van der Waals surface area contributed by atoms with Crippen molar-refractivity contribution >= 4 is 42.9 Å². The number of aryl methyl sites for hydroxylation is 1. The molecule has 0 radical (unpaired) electrons. The van der Waals surface area contributed by atoms with Crippen molar-refractivity contribution in [1.29, 1.82) is 0 Å². The molecule has 1 aliphatic rings. The predicted octanol–water partition coefficient (Wildman–Crippen LogP) is 2.31. The Morgan fingerprint density at radius 2 is 1.85 bits per heavy atom. The lowest BCUT2D eigenvalue weighted by Gasteiger charge is -2.26. The Bertz CT molecular complexity index is 523. The van der Waals surface area contributed by atoms with E-state index in [1.54, 1.807) is 0 Å². The van der Waals surface area contributed by atoms with Gasteiger partial charge in [0.1, 0.15) is 5.65 Å². The second kappa shape index (κ2) is 8.70. The van der Waals surface area contributed by atoms with Gasteiger partial charge in [0, 0.05) is 44.6 Å². The second-order valence-corrected chi connectivity index (χ2v) is 4.65. The molecule has 1 N–H and O–H groups in total. The van der Waals surface area contributed by atoms with Crippen LogP contribution in [0.1, 0.15) is 11.4 Å². The van der Waals surface area contributed by atoms with E-state index in [9.17, 15) is 0 Å². The fraction of sp³-hybridized carbons (Fsp3) is 0.462. The Morgan fingerprint density at radius 1 is 1.15 bits per heavy atom. The molecule has 2 aromatic heterocycles. The van der Waals surface area contributed by atoms with Crippen LogP contribution in [0.3, 0.4) is 0 Å². The van der Waals surface area contributed by atoms with Crippen LogP contribution in [-0.2, 0) is 6.54 Å². The molecular weight excluding hydrogens is 319 g/mol. The van der Waals surface area contributed by atoms with Crippen molar-refractivity contribution in [3.8, 4) is 0 Å². The quantitative estimate of drug-likeness (QED) is 0.911. The first-order chi connectivity index (χ1) is 8.33. The zero-order valence-corrected chi connectivity index (χ0v) is 13.9. The van der Waals surface area contributed by atoms with Gasteiger partial charge in [-0.05, 0) is 19.1 Å². The van der Waals surface area contributed by atoms with E-state index >= 15 is 0 Å². The average Bonchev–Trinajstić information content (AvgIpc) is 2.74. The van der Waals surface area contributed by atoms with E-state index in [1.165, 1.54) is 11.4 Å². The first-order valence-electron chi connectivity index (χ1n) is 6.19. The number of pyridine rings is 1. The highest BCUT2D eigenvalue weighted by Crippen LogP contribution is 2.10. The molecule has 0 aliphatic carbocycles. The maximum Gasteiger partial charge on any atom is 0.137 e. The number of hydrogen-bond acceptors (Lipinski definition) is 3. The van der Waals surface area contributed by atoms with Crippen LogP contribution in [0.5, 0.6) is 0 Å². The molecule has 0 aromatic carbocycles.